The molecule has 0 atom stereocenters. The molecule has 0 saturated heterocycles. The van der Waals surface area contributed by atoms with Gasteiger partial charge in [-0.1, -0.05) is 30.3 Å². The Bertz CT molecular complexity index is 630. The molecule has 98 valence electrons. The van der Waals surface area contributed by atoms with Gasteiger partial charge in [-0.25, -0.2) is 0 Å². The van der Waals surface area contributed by atoms with Crippen LogP contribution in [0.15, 0.2) is 48.7 Å². The summed E-state index contributed by atoms with van der Waals surface area (Å²) in [5.41, 5.74) is 0.610. The maximum absolute atomic E-state index is 12.3. The van der Waals surface area contributed by atoms with E-state index in [9.17, 15) is 4.79 Å². The number of carbonyl (C=O) groups is 1. The summed E-state index contributed by atoms with van der Waals surface area (Å²) in [6, 6.07) is 11.6. The largest absolute Gasteiger partial charge is 0.496 e. The van der Waals surface area contributed by atoms with Crippen molar-refractivity contribution >= 4 is 16.6 Å². The van der Waals surface area contributed by atoms with Crippen molar-refractivity contribution in [2.75, 3.05) is 21.2 Å². The summed E-state index contributed by atoms with van der Waals surface area (Å²) in [6.45, 7) is 0. The molecule has 2 aromatic rings. The van der Waals surface area contributed by atoms with Crippen LogP contribution in [0.1, 0.15) is 10.4 Å². The Labute approximate surface area is 113 Å². The van der Waals surface area contributed by atoms with E-state index in [-0.39, 0.29) is 5.78 Å². The van der Waals surface area contributed by atoms with Crippen LogP contribution in [0, 0.1) is 0 Å². The first-order valence-corrected chi connectivity index (χ1v) is 6.08. The zero-order chi connectivity index (χ0) is 13.8. The summed E-state index contributed by atoms with van der Waals surface area (Å²) < 4.78 is 5.31. The monoisotopic (exact) mass is 255 g/mol. The summed E-state index contributed by atoms with van der Waals surface area (Å²) in [5.74, 6) is 0.550. The zero-order valence-electron chi connectivity index (χ0n) is 11.4. The van der Waals surface area contributed by atoms with E-state index in [4.69, 9.17) is 4.74 Å². The summed E-state index contributed by atoms with van der Waals surface area (Å²) >= 11 is 0. The van der Waals surface area contributed by atoms with Crippen molar-refractivity contribution < 1.29 is 9.53 Å². The molecule has 0 heterocycles. The van der Waals surface area contributed by atoms with Crippen molar-refractivity contribution in [3.05, 3.63) is 54.2 Å². The fourth-order valence-corrected chi connectivity index (χ4v) is 1.98. The summed E-state index contributed by atoms with van der Waals surface area (Å²) in [6.07, 6.45) is 3.30. The highest BCUT2D eigenvalue weighted by molar-refractivity contribution is 6.15. The third kappa shape index (κ3) is 2.76. The van der Waals surface area contributed by atoms with E-state index in [1.54, 1.807) is 19.4 Å². The number of methoxy groups -OCH3 is 1. The van der Waals surface area contributed by atoms with Crippen molar-refractivity contribution in [3.8, 4) is 5.75 Å². The number of hydrogen-bond acceptors (Lipinski definition) is 3. The lowest BCUT2D eigenvalue weighted by atomic mass is 10.00. The summed E-state index contributed by atoms with van der Waals surface area (Å²) in [5, 5.41) is 1.94. The van der Waals surface area contributed by atoms with Gasteiger partial charge in [0, 0.05) is 26.4 Å². The first kappa shape index (κ1) is 13.1. The molecule has 2 rings (SSSR count). The molecule has 0 aliphatic rings. The van der Waals surface area contributed by atoms with Gasteiger partial charge in [-0.05, 0) is 16.8 Å². The Hall–Kier alpha value is -2.29. The Balaban J connectivity index is 2.59. The van der Waals surface area contributed by atoms with Crippen molar-refractivity contribution in [3.63, 3.8) is 0 Å². The van der Waals surface area contributed by atoms with Crippen LogP contribution in [-0.2, 0) is 0 Å². The smallest absolute Gasteiger partial charge is 0.191 e. The first-order valence-electron chi connectivity index (χ1n) is 6.08. The maximum atomic E-state index is 12.3. The second kappa shape index (κ2) is 5.57. The van der Waals surface area contributed by atoms with E-state index in [0.717, 1.165) is 10.8 Å². The van der Waals surface area contributed by atoms with Gasteiger partial charge in [-0.2, -0.15) is 0 Å². The lowest BCUT2D eigenvalue weighted by Gasteiger charge is -2.10. The van der Waals surface area contributed by atoms with Gasteiger partial charge >= 0.3 is 0 Å². The molecule has 0 spiro atoms. The molecule has 0 N–H and O–H groups in total. The fourth-order valence-electron chi connectivity index (χ4n) is 1.98. The number of nitrogens with zero attached hydrogens (tertiary/aromatic N) is 1. The van der Waals surface area contributed by atoms with Crippen LogP contribution in [0.5, 0.6) is 5.75 Å². The predicted octanol–water partition coefficient (Wildman–Crippen LogP) is 3.11. The number of rotatable bonds is 4. The minimum atomic E-state index is -0.0534. The van der Waals surface area contributed by atoms with Gasteiger partial charge in [0.15, 0.2) is 5.78 Å². The lowest BCUT2D eigenvalue weighted by Crippen LogP contribution is -2.05. The van der Waals surface area contributed by atoms with Crippen LogP contribution < -0.4 is 4.74 Å². The quantitative estimate of drug-likeness (QED) is 0.621. The minimum Gasteiger partial charge on any atom is -0.496 e. The SMILES string of the molecule is COc1ccc2ccccc2c1C(=O)C=CN(C)C. The molecule has 0 aliphatic carbocycles. The van der Waals surface area contributed by atoms with Crippen molar-refractivity contribution in [2.24, 2.45) is 0 Å². The van der Waals surface area contributed by atoms with E-state index in [1.165, 1.54) is 0 Å². The fraction of sp³-hybridized carbons (Fsp3) is 0.188. The molecular formula is C16H17NO2. The number of hydrogen-bond donors (Lipinski definition) is 0. The number of ketones is 1. The van der Waals surface area contributed by atoms with Gasteiger partial charge in [0.1, 0.15) is 5.75 Å². The molecule has 0 bridgehead atoms. The highest BCUT2D eigenvalue weighted by Gasteiger charge is 2.13. The number of carbonyl (C=O) groups excluding carboxylic acids is 1. The molecule has 19 heavy (non-hydrogen) atoms. The van der Waals surface area contributed by atoms with Gasteiger partial charge in [-0.15, -0.1) is 0 Å². The maximum Gasteiger partial charge on any atom is 0.191 e. The second-order valence-electron chi connectivity index (χ2n) is 4.51. The zero-order valence-corrected chi connectivity index (χ0v) is 11.4. The highest BCUT2D eigenvalue weighted by atomic mass is 16.5. The molecule has 3 nitrogen and oxygen atoms in total. The van der Waals surface area contributed by atoms with Gasteiger partial charge < -0.3 is 9.64 Å². The standard InChI is InChI=1S/C16H17NO2/c1-17(2)11-10-14(18)16-13-7-5-4-6-12(13)8-9-15(16)19-3/h4-11H,1-3H3. The van der Waals surface area contributed by atoms with E-state index >= 15 is 0 Å². The van der Waals surface area contributed by atoms with Crippen LogP contribution in [0.3, 0.4) is 0 Å². The Kier molecular flexibility index (Phi) is 3.85. The molecule has 0 amide bonds. The second-order valence-corrected chi connectivity index (χ2v) is 4.51. The molecule has 0 aliphatic heterocycles. The van der Waals surface area contributed by atoms with Crippen LogP contribution >= 0.6 is 0 Å². The van der Waals surface area contributed by atoms with E-state index < -0.39 is 0 Å². The van der Waals surface area contributed by atoms with Crippen molar-refractivity contribution in [2.45, 2.75) is 0 Å². The minimum absolute atomic E-state index is 0.0534. The molecule has 0 saturated carbocycles. The number of allylic oxidation sites excluding steroid dienone is 1. The van der Waals surface area contributed by atoms with Crippen LogP contribution in [0.25, 0.3) is 10.8 Å². The molecular weight excluding hydrogens is 238 g/mol. The van der Waals surface area contributed by atoms with E-state index in [1.807, 2.05) is 55.4 Å². The van der Waals surface area contributed by atoms with Gasteiger partial charge in [0.2, 0.25) is 0 Å². The van der Waals surface area contributed by atoms with Gasteiger partial charge in [0.25, 0.3) is 0 Å². The normalized spacial score (nSPS) is 10.9. The number of ether oxygens (including phenoxy) is 1. The van der Waals surface area contributed by atoms with Gasteiger partial charge in [-0.3, -0.25) is 4.79 Å². The molecule has 2 aromatic carbocycles. The third-order valence-corrected chi connectivity index (χ3v) is 2.88. The van der Waals surface area contributed by atoms with E-state index in [2.05, 4.69) is 0 Å². The predicted molar refractivity (Wildman–Crippen MR) is 77.7 cm³/mol. The van der Waals surface area contributed by atoms with Gasteiger partial charge in [0.05, 0.1) is 12.7 Å². The van der Waals surface area contributed by atoms with E-state index in [0.29, 0.717) is 11.3 Å². The van der Waals surface area contributed by atoms with Crippen molar-refractivity contribution in [1.82, 2.24) is 4.90 Å². The average molecular weight is 255 g/mol. The Morgan fingerprint density at radius 1 is 1.16 bits per heavy atom. The number of fused-ring (bicyclic) bond motifs is 1. The Morgan fingerprint density at radius 3 is 2.58 bits per heavy atom. The summed E-state index contributed by atoms with van der Waals surface area (Å²) in [7, 11) is 5.34. The topological polar surface area (TPSA) is 29.5 Å². The average Bonchev–Trinajstić information content (AvgIpc) is 2.43. The highest BCUT2D eigenvalue weighted by Crippen LogP contribution is 2.28. The molecule has 0 aromatic heterocycles. The van der Waals surface area contributed by atoms with Crippen LogP contribution in [0.4, 0.5) is 0 Å². The lowest BCUT2D eigenvalue weighted by molar-refractivity contribution is 0.104. The molecule has 0 unspecified atom stereocenters. The first-order chi connectivity index (χ1) is 9.13. The number of benzene rings is 2. The molecule has 0 radical (unpaired) electrons. The third-order valence-electron chi connectivity index (χ3n) is 2.88. The van der Waals surface area contributed by atoms with Crippen LogP contribution in [-0.4, -0.2) is 31.9 Å². The van der Waals surface area contributed by atoms with Crippen molar-refractivity contribution in [1.29, 1.82) is 0 Å². The van der Waals surface area contributed by atoms with Crippen LogP contribution in [0.2, 0.25) is 0 Å². The molecule has 0 fully saturated rings. The Morgan fingerprint density at radius 2 is 1.89 bits per heavy atom. The molecule has 3 heteroatoms. The summed E-state index contributed by atoms with van der Waals surface area (Å²) in [4.78, 5) is 14.2.